The molecule has 2 atom stereocenters. The first kappa shape index (κ1) is 10.9. The first-order valence-electron chi connectivity index (χ1n) is 3.04. The Morgan fingerprint density at radius 1 is 1.80 bits per heavy atom. The van der Waals surface area contributed by atoms with Gasteiger partial charge in [-0.25, -0.2) is 0 Å². The minimum Gasteiger partial charge on any atom is -0.344 e. The van der Waals surface area contributed by atoms with Gasteiger partial charge in [0.25, 0.3) is 0 Å². The van der Waals surface area contributed by atoms with Crippen molar-refractivity contribution in [2.24, 2.45) is 0 Å². The summed E-state index contributed by atoms with van der Waals surface area (Å²) in [6.07, 6.45) is 0. The van der Waals surface area contributed by atoms with Crippen LogP contribution in [0.15, 0.2) is 0 Å². The van der Waals surface area contributed by atoms with E-state index in [0.29, 0.717) is 0 Å². The molecular formula is C5H13O2PS2. The maximum Gasteiger partial charge on any atom is 0.198 e. The predicted octanol–water partition coefficient (Wildman–Crippen LogP) is 2.03. The standard InChI is InChI=1S/C5H13O2PS2/c1-4-10-5(2)8(6,9)7-3/h5H,4H2,1-3H3,(H,6,9). The van der Waals surface area contributed by atoms with Crippen molar-refractivity contribution in [1.82, 2.24) is 0 Å². The zero-order valence-electron chi connectivity index (χ0n) is 6.40. The van der Waals surface area contributed by atoms with E-state index in [1.165, 1.54) is 7.11 Å². The maximum atomic E-state index is 9.41. The molecule has 2 nitrogen and oxygen atoms in total. The molecule has 0 radical (unpaired) electrons. The normalized spacial score (nSPS) is 20.0. The molecule has 62 valence electrons. The summed E-state index contributed by atoms with van der Waals surface area (Å²) < 4.78 is 4.81. The van der Waals surface area contributed by atoms with Crippen molar-refractivity contribution < 1.29 is 9.42 Å². The molecule has 0 amide bonds. The lowest BCUT2D eigenvalue weighted by molar-refractivity contribution is 0.386. The van der Waals surface area contributed by atoms with Crippen LogP contribution in [-0.2, 0) is 16.3 Å². The minimum absolute atomic E-state index is 0.0532. The highest BCUT2D eigenvalue weighted by Gasteiger charge is 2.20. The Morgan fingerprint density at radius 2 is 2.30 bits per heavy atom. The van der Waals surface area contributed by atoms with Crippen LogP contribution in [0.4, 0.5) is 0 Å². The number of hydrogen-bond donors (Lipinski definition) is 1. The van der Waals surface area contributed by atoms with Crippen LogP contribution in [0.2, 0.25) is 0 Å². The van der Waals surface area contributed by atoms with Gasteiger partial charge in [-0.05, 0) is 24.5 Å². The van der Waals surface area contributed by atoms with E-state index in [2.05, 4.69) is 0 Å². The van der Waals surface area contributed by atoms with Crippen molar-refractivity contribution in [3.8, 4) is 0 Å². The van der Waals surface area contributed by atoms with Gasteiger partial charge in [0.2, 0.25) is 0 Å². The number of hydrogen-bond acceptors (Lipinski definition) is 3. The number of thioether (sulfide) groups is 1. The van der Waals surface area contributed by atoms with Gasteiger partial charge in [0.15, 0.2) is 6.49 Å². The summed E-state index contributed by atoms with van der Waals surface area (Å²) in [6.45, 7) is 1.45. The van der Waals surface area contributed by atoms with Crippen molar-refractivity contribution in [2.45, 2.75) is 18.8 Å². The Morgan fingerprint density at radius 3 is 2.60 bits per heavy atom. The molecule has 0 spiro atoms. The van der Waals surface area contributed by atoms with Crippen LogP contribution < -0.4 is 0 Å². The molecule has 0 saturated carbocycles. The molecule has 10 heavy (non-hydrogen) atoms. The Labute approximate surface area is 71.5 Å². The van der Waals surface area contributed by atoms with Crippen molar-refractivity contribution in [1.29, 1.82) is 0 Å². The zero-order valence-corrected chi connectivity index (χ0v) is 8.93. The molecule has 0 aliphatic rings. The molecule has 0 fully saturated rings. The van der Waals surface area contributed by atoms with Gasteiger partial charge in [0.05, 0.1) is 4.99 Å². The molecule has 0 heterocycles. The molecule has 0 aromatic heterocycles. The summed E-state index contributed by atoms with van der Waals surface area (Å²) >= 11 is 6.49. The highest BCUT2D eigenvalue weighted by Crippen LogP contribution is 2.51. The van der Waals surface area contributed by atoms with E-state index >= 15 is 0 Å². The molecule has 2 unspecified atom stereocenters. The van der Waals surface area contributed by atoms with E-state index < -0.39 is 6.49 Å². The van der Waals surface area contributed by atoms with E-state index in [-0.39, 0.29) is 4.99 Å². The molecule has 1 N–H and O–H groups in total. The van der Waals surface area contributed by atoms with Crippen molar-refractivity contribution in [3.05, 3.63) is 0 Å². The average Bonchev–Trinajstić information content (AvgIpc) is 1.89. The first-order valence-corrected chi connectivity index (χ1v) is 6.83. The van der Waals surface area contributed by atoms with Crippen LogP contribution in [0, 0.1) is 0 Å². The van der Waals surface area contributed by atoms with Crippen LogP contribution in [0.3, 0.4) is 0 Å². The summed E-state index contributed by atoms with van der Waals surface area (Å²) in [6, 6.07) is 0. The molecule has 0 aromatic rings. The fraction of sp³-hybridized carbons (Fsp3) is 1.00. The Hall–Kier alpha value is 0.920. The lowest BCUT2D eigenvalue weighted by Gasteiger charge is -2.19. The predicted molar refractivity (Wildman–Crippen MR) is 51.1 cm³/mol. The average molecular weight is 200 g/mol. The highest BCUT2D eigenvalue weighted by atomic mass is 32.5. The smallest absolute Gasteiger partial charge is 0.198 e. The third kappa shape index (κ3) is 3.35. The molecule has 0 saturated heterocycles. The first-order chi connectivity index (χ1) is 4.54. The maximum absolute atomic E-state index is 9.41. The fourth-order valence-electron chi connectivity index (χ4n) is 0.484. The monoisotopic (exact) mass is 200 g/mol. The van der Waals surface area contributed by atoms with Crippen molar-refractivity contribution in [2.75, 3.05) is 12.9 Å². The van der Waals surface area contributed by atoms with Gasteiger partial charge in [0.1, 0.15) is 0 Å². The highest BCUT2D eigenvalue weighted by molar-refractivity contribution is 8.18. The van der Waals surface area contributed by atoms with Crippen LogP contribution in [-0.4, -0.2) is 22.7 Å². The third-order valence-corrected chi connectivity index (χ3v) is 6.49. The molecular weight excluding hydrogens is 187 g/mol. The largest absolute Gasteiger partial charge is 0.344 e. The second-order valence-electron chi connectivity index (χ2n) is 1.80. The van der Waals surface area contributed by atoms with Crippen LogP contribution >= 0.6 is 18.3 Å². The van der Waals surface area contributed by atoms with Gasteiger partial charge in [-0.1, -0.05) is 6.92 Å². The van der Waals surface area contributed by atoms with Gasteiger partial charge in [-0.15, -0.1) is 11.8 Å². The summed E-state index contributed by atoms with van der Waals surface area (Å²) in [5.41, 5.74) is 0. The Kier molecular flexibility index (Phi) is 5.16. The van der Waals surface area contributed by atoms with Crippen molar-refractivity contribution in [3.63, 3.8) is 0 Å². The lowest BCUT2D eigenvalue weighted by atomic mass is 10.9. The summed E-state index contributed by atoms with van der Waals surface area (Å²) in [5.74, 6) is 0.962. The van der Waals surface area contributed by atoms with Crippen LogP contribution in [0.5, 0.6) is 0 Å². The molecule has 0 aliphatic carbocycles. The molecule has 0 aromatic carbocycles. The molecule has 0 bridgehead atoms. The minimum atomic E-state index is -2.48. The van der Waals surface area contributed by atoms with Gasteiger partial charge in [0, 0.05) is 7.11 Å². The van der Waals surface area contributed by atoms with E-state index in [1.807, 2.05) is 13.8 Å². The topological polar surface area (TPSA) is 29.5 Å². The summed E-state index contributed by atoms with van der Waals surface area (Å²) in [5, 5.41) is 0. The summed E-state index contributed by atoms with van der Waals surface area (Å²) in [7, 11) is 1.47. The van der Waals surface area contributed by atoms with Gasteiger partial charge >= 0.3 is 0 Å². The summed E-state index contributed by atoms with van der Waals surface area (Å²) in [4.78, 5) is 9.46. The number of rotatable bonds is 4. The Balaban J connectivity index is 3.91. The van der Waals surface area contributed by atoms with Gasteiger partial charge in [-0.2, -0.15) is 0 Å². The van der Waals surface area contributed by atoms with Gasteiger partial charge in [-0.3, -0.25) is 0 Å². The molecule has 0 aliphatic heterocycles. The third-order valence-electron chi connectivity index (χ3n) is 1.13. The fourth-order valence-corrected chi connectivity index (χ4v) is 3.27. The van der Waals surface area contributed by atoms with E-state index in [9.17, 15) is 4.89 Å². The molecule has 5 heteroatoms. The molecule has 0 rings (SSSR count). The van der Waals surface area contributed by atoms with Crippen LogP contribution in [0.1, 0.15) is 13.8 Å². The zero-order chi connectivity index (χ0) is 8.20. The van der Waals surface area contributed by atoms with E-state index in [4.69, 9.17) is 16.3 Å². The van der Waals surface area contributed by atoms with Crippen LogP contribution in [0.25, 0.3) is 0 Å². The SMILES string of the molecule is CCSC(C)P(O)(=S)OC. The van der Waals surface area contributed by atoms with E-state index in [0.717, 1.165) is 5.75 Å². The van der Waals surface area contributed by atoms with Crippen molar-refractivity contribution >= 4 is 30.1 Å². The second-order valence-corrected chi connectivity index (χ2v) is 7.61. The Bertz CT molecular complexity index is 140. The second kappa shape index (κ2) is 4.73. The lowest BCUT2D eigenvalue weighted by Crippen LogP contribution is -1.99. The van der Waals surface area contributed by atoms with E-state index in [1.54, 1.807) is 11.8 Å². The van der Waals surface area contributed by atoms with Gasteiger partial charge < -0.3 is 9.42 Å². The quantitative estimate of drug-likeness (QED) is 0.703.